The highest BCUT2D eigenvalue weighted by molar-refractivity contribution is 7.89. The van der Waals surface area contributed by atoms with Crippen LogP contribution in [-0.4, -0.2) is 31.7 Å². The summed E-state index contributed by atoms with van der Waals surface area (Å²) in [4.78, 5) is 13.2. The zero-order valence-corrected chi connectivity index (χ0v) is 19.2. The van der Waals surface area contributed by atoms with Gasteiger partial charge in [0.2, 0.25) is 10.0 Å². The molecule has 0 saturated carbocycles. The van der Waals surface area contributed by atoms with Crippen LogP contribution >= 0.6 is 0 Å². The summed E-state index contributed by atoms with van der Waals surface area (Å²) in [5.74, 6) is -0.269. The van der Waals surface area contributed by atoms with Crippen molar-refractivity contribution in [2.75, 3.05) is 18.4 Å². The lowest BCUT2D eigenvalue weighted by molar-refractivity contribution is 0.102. The van der Waals surface area contributed by atoms with E-state index in [1.165, 1.54) is 4.31 Å². The van der Waals surface area contributed by atoms with Gasteiger partial charge in [-0.2, -0.15) is 9.57 Å². The van der Waals surface area contributed by atoms with Crippen molar-refractivity contribution in [1.82, 2.24) is 4.31 Å². The SMILES string of the molecule is Cc1c(C(=O)Nc2ccc(S(=O)(=O)N3CCCCC3)cc2)cccc1-c1ccc(C#N)cc1. The molecule has 1 aliphatic heterocycles. The summed E-state index contributed by atoms with van der Waals surface area (Å²) < 4.78 is 27.2. The molecule has 168 valence electrons. The smallest absolute Gasteiger partial charge is 0.255 e. The molecule has 7 heteroatoms. The standard InChI is InChI=1S/C26H25N3O3S/c1-19-24(21-10-8-20(18-27)9-11-21)6-5-7-25(19)26(30)28-22-12-14-23(15-13-22)33(31,32)29-16-3-2-4-17-29/h5-15H,2-4,16-17H2,1H3,(H,28,30). The third-order valence-electron chi connectivity index (χ3n) is 5.97. The van der Waals surface area contributed by atoms with E-state index in [1.807, 2.05) is 31.2 Å². The van der Waals surface area contributed by atoms with Gasteiger partial charge in [-0.15, -0.1) is 0 Å². The van der Waals surface area contributed by atoms with E-state index in [-0.39, 0.29) is 10.8 Å². The topological polar surface area (TPSA) is 90.3 Å². The number of piperidine rings is 1. The summed E-state index contributed by atoms with van der Waals surface area (Å²) in [6, 6.07) is 21.2. The van der Waals surface area contributed by atoms with Gasteiger partial charge in [0.15, 0.2) is 0 Å². The van der Waals surface area contributed by atoms with Crippen molar-refractivity contribution in [1.29, 1.82) is 5.26 Å². The molecule has 0 aromatic heterocycles. The van der Waals surface area contributed by atoms with Gasteiger partial charge in [-0.05, 0) is 78.9 Å². The average Bonchev–Trinajstić information content (AvgIpc) is 2.85. The fraction of sp³-hybridized carbons (Fsp3) is 0.231. The molecule has 3 aromatic rings. The minimum absolute atomic E-state index is 0.237. The predicted octanol–water partition coefficient (Wildman–Crippen LogP) is 4.96. The Morgan fingerprint density at radius 2 is 1.61 bits per heavy atom. The van der Waals surface area contributed by atoms with Crippen LogP contribution in [0.2, 0.25) is 0 Å². The summed E-state index contributed by atoms with van der Waals surface area (Å²) in [6.45, 7) is 2.99. The monoisotopic (exact) mass is 459 g/mol. The molecule has 1 heterocycles. The normalized spacial score (nSPS) is 14.4. The van der Waals surface area contributed by atoms with Crippen molar-refractivity contribution in [2.45, 2.75) is 31.1 Å². The van der Waals surface area contributed by atoms with Crippen LogP contribution in [0.15, 0.2) is 71.6 Å². The average molecular weight is 460 g/mol. The summed E-state index contributed by atoms with van der Waals surface area (Å²) in [7, 11) is -3.51. The highest BCUT2D eigenvalue weighted by Crippen LogP contribution is 2.27. The van der Waals surface area contributed by atoms with Gasteiger partial charge in [-0.1, -0.05) is 30.7 Å². The molecule has 1 amide bonds. The maximum Gasteiger partial charge on any atom is 0.255 e. The number of anilines is 1. The Morgan fingerprint density at radius 1 is 0.939 bits per heavy atom. The number of carbonyl (C=O) groups excluding carboxylic acids is 1. The third-order valence-corrected chi connectivity index (χ3v) is 7.88. The molecule has 0 unspecified atom stereocenters. The Labute approximate surface area is 194 Å². The zero-order chi connectivity index (χ0) is 23.4. The molecule has 0 radical (unpaired) electrons. The summed E-state index contributed by atoms with van der Waals surface area (Å²) in [5, 5.41) is 11.9. The predicted molar refractivity (Wildman–Crippen MR) is 128 cm³/mol. The number of amides is 1. The second-order valence-corrected chi connectivity index (χ2v) is 10.0. The van der Waals surface area contributed by atoms with Crippen LogP contribution in [0.1, 0.15) is 40.7 Å². The first-order valence-electron chi connectivity index (χ1n) is 10.9. The van der Waals surface area contributed by atoms with Gasteiger partial charge in [0.1, 0.15) is 0 Å². The fourth-order valence-electron chi connectivity index (χ4n) is 4.08. The highest BCUT2D eigenvalue weighted by Gasteiger charge is 2.25. The number of nitrogens with zero attached hydrogens (tertiary/aromatic N) is 2. The second-order valence-electron chi connectivity index (χ2n) is 8.11. The van der Waals surface area contributed by atoms with E-state index in [4.69, 9.17) is 5.26 Å². The fourth-order valence-corrected chi connectivity index (χ4v) is 5.60. The van der Waals surface area contributed by atoms with Gasteiger partial charge < -0.3 is 5.32 Å². The van der Waals surface area contributed by atoms with E-state index < -0.39 is 10.0 Å². The molecule has 0 spiro atoms. The molecule has 1 saturated heterocycles. The lowest BCUT2D eigenvalue weighted by Gasteiger charge is -2.25. The number of hydrogen-bond acceptors (Lipinski definition) is 4. The number of carbonyl (C=O) groups is 1. The van der Waals surface area contributed by atoms with Crippen molar-refractivity contribution >= 4 is 21.6 Å². The zero-order valence-electron chi connectivity index (χ0n) is 18.4. The number of nitrogens with one attached hydrogen (secondary N) is 1. The second kappa shape index (κ2) is 9.57. The molecule has 4 rings (SSSR count). The molecular weight excluding hydrogens is 434 g/mol. The Bertz CT molecular complexity index is 1300. The Hall–Kier alpha value is -3.47. The molecule has 1 N–H and O–H groups in total. The maximum atomic E-state index is 13.0. The van der Waals surface area contributed by atoms with Crippen LogP contribution in [0, 0.1) is 18.3 Å². The molecular formula is C26H25N3O3S. The number of hydrogen-bond donors (Lipinski definition) is 1. The van der Waals surface area contributed by atoms with Gasteiger partial charge in [0.05, 0.1) is 16.5 Å². The van der Waals surface area contributed by atoms with Gasteiger partial charge >= 0.3 is 0 Å². The number of rotatable bonds is 5. The van der Waals surface area contributed by atoms with Gasteiger partial charge in [0, 0.05) is 24.3 Å². The molecule has 3 aromatic carbocycles. The lowest BCUT2D eigenvalue weighted by atomic mass is 9.95. The van der Waals surface area contributed by atoms with E-state index in [9.17, 15) is 13.2 Å². The molecule has 0 bridgehead atoms. The van der Waals surface area contributed by atoms with Crippen LogP contribution in [0.4, 0.5) is 5.69 Å². The van der Waals surface area contributed by atoms with Crippen LogP contribution < -0.4 is 5.32 Å². The van der Waals surface area contributed by atoms with Crippen LogP contribution in [-0.2, 0) is 10.0 Å². The Kier molecular flexibility index (Phi) is 6.59. The van der Waals surface area contributed by atoms with Gasteiger partial charge in [-0.25, -0.2) is 8.42 Å². The number of sulfonamides is 1. The minimum atomic E-state index is -3.51. The molecule has 1 fully saturated rings. The van der Waals surface area contributed by atoms with Crippen molar-refractivity contribution in [3.63, 3.8) is 0 Å². The van der Waals surface area contributed by atoms with Crippen LogP contribution in [0.5, 0.6) is 0 Å². The molecule has 6 nitrogen and oxygen atoms in total. The van der Waals surface area contributed by atoms with Gasteiger partial charge in [-0.3, -0.25) is 4.79 Å². The summed E-state index contributed by atoms with van der Waals surface area (Å²) in [5.41, 5.74) is 4.30. The van der Waals surface area contributed by atoms with E-state index >= 15 is 0 Å². The van der Waals surface area contributed by atoms with E-state index in [0.717, 1.165) is 36.0 Å². The largest absolute Gasteiger partial charge is 0.322 e. The highest BCUT2D eigenvalue weighted by atomic mass is 32.2. The quantitative estimate of drug-likeness (QED) is 0.584. The van der Waals surface area contributed by atoms with Crippen LogP contribution in [0.3, 0.4) is 0 Å². The molecule has 0 aliphatic carbocycles. The molecule has 1 aliphatic rings. The number of nitriles is 1. The van der Waals surface area contributed by atoms with Crippen molar-refractivity contribution in [3.05, 3.63) is 83.4 Å². The third kappa shape index (κ3) is 4.82. The first kappa shape index (κ1) is 22.7. The van der Waals surface area contributed by atoms with E-state index in [1.54, 1.807) is 42.5 Å². The minimum Gasteiger partial charge on any atom is -0.322 e. The summed E-state index contributed by atoms with van der Waals surface area (Å²) >= 11 is 0. The van der Waals surface area contributed by atoms with Gasteiger partial charge in [0.25, 0.3) is 5.91 Å². The summed E-state index contributed by atoms with van der Waals surface area (Å²) in [6.07, 6.45) is 2.82. The van der Waals surface area contributed by atoms with Crippen molar-refractivity contribution in [2.24, 2.45) is 0 Å². The first-order chi connectivity index (χ1) is 15.9. The lowest BCUT2D eigenvalue weighted by Crippen LogP contribution is -2.35. The number of benzene rings is 3. The maximum absolute atomic E-state index is 13.0. The van der Waals surface area contributed by atoms with Crippen molar-refractivity contribution < 1.29 is 13.2 Å². The molecule has 33 heavy (non-hydrogen) atoms. The molecule has 0 atom stereocenters. The Balaban J connectivity index is 1.52. The van der Waals surface area contributed by atoms with Crippen LogP contribution in [0.25, 0.3) is 11.1 Å². The Morgan fingerprint density at radius 3 is 2.24 bits per heavy atom. The van der Waals surface area contributed by atoms with E-state index in [0.29, 0.717) is 29.9 Å². The van der Waals surface area contributed by atoms with E-state index in [2.05, 4.69) is 11.4 Å². The first-order valence-corrected chi connectivity index (χ1v) is 12.4. The van der Waals surface area contributed by atoms with Crippen molar-refractivity contribution in [3.8, 4) is 17.2 Å².